The summed E-state index contributed by atoms with van der Waals surface area (Å²) in [4.78, 5) is 21.6. The lowest BCUT2D eigenvalue weighted by Crippen LogP contribution is -1.66. The van der Waals surface area contributed by atoms with Gasteiger partial charge in [-0.25, -0.2) is 4.57 Å². The van der Waals surface area contributed by atoms with Crippen LogP contribution in [0.3, 0.4) is 0 Å². The molecule has 0 rings (SSSR count). The fourth-order valence-electron chi connectivity index (χ4n) is 0. The van der Waals surface area contributed by atoms with Crippen LogP contribution < -0.4 is 0 Å². The molecule has 0 bridgehead atoms. The lowest BCUT2D eigenvalue weighted by atomic mass is 15.8. The first kappa shape index (κ1) is 13.2. The Morgan fingerprint density at radius 1 is 1.10 bits per heavy atom. The molecule has 0 unspecified atom stereocenters. The van der Waals surface area contributed by atoms with Crippen LogP contribution in [0.25, 0.3) is 0 Å². The van der Waals surface area contributed by atoms with E-state index >= 15 is 0 Å². The van der Waals surface area contributed by atoms with Crippen molar-refractivity contribution in [2.24, 2.45) is 0 Å². The van der Waals surface area contributed by atoms with Crippen molar-refractivity contribution in [3.8, 4) is 0 Å². The molecule has 0 saturated carbocycles. The summed E-state index contributed by atoms with van der Waals surface area (Å²) in [6.07, 6.45) is 0. The van der Waals surface area contributed by atoms with E-state index in [1.807, 2.05) is 0 Å². The predicted molar refractivity (Wildman–Crippen MR) is 34.9 cm³/mol. The molecule has 64 valence electrons. The van der Waals surface area contributed by atoms with Crippen LogP contribution in [0.15, 0.2) is 0 Å². The van der Waals surface area contributed by atoms with Gasteiger partial charge in [-0.2, -0.15) is 8.42 Å². The second-order valence-corrected chi connectivity index (χ2v) is 5.59. The Kier molecular flexibility index (Phi) is 5.97. The molecule has 0 saturated heterocycles. The predicted octanol–water partition coefficient (Wildman–Crippen LogP) is -0.220. The molecule has 10 heavy (non-hydrogen) atoms. The summed E-state index contributed by atoms with van der Waals surface area (Å²) in [7, 11) is 0.174. The molecular formula is H3Cl2O6PS. The SMILES string of the molecule is O=P(O)(O)O.O=S(=O)(Cl)Cl. The van der Waals surface area contributed by atoms with E-state index in [0.717, 1.165) is 0 Å². The van der Waals surface area contributed by atoms with Crippen molar-refractivity contribution in [3.63, 3.8) is 0 Å². The minimum Gasteiger partial charge on any atom is -0.303 e. The molecular weight excluding hydrogens is 230 g/mol. The van der Waals surface area contributed by atoms with Gasteiger partial charge in [-0.3, -0.25) is 0 Å². The minimum atomic E-state index is -4.64. The molecule has 0 aromatic heterocycles. The molecule has 0 aliphatic heterocycles. The lowest BCUT2D eigenvalue weighted by molar-refractivity contribution is 0.275. The van der Waals surface area contributed by atoms with Crippen molar-refractivity contribution in [3.05, 3.63) is 0 Å². The number of hydrogen-bond acceptors (Lipinski definition) is 3. The van der Waals surface area contributed by atoms with E-state index in [9.17, 15) is 0 Å². The lowest BCUT2D eigenvalue weighted by Gasteiger charge is -1.82. The molecule has 0 aliphatic carbocycles. The van der Waals surface area contributed by atoms with Crippen LogP contribution in [0.1, 0.15) is 0 Å². The molecule has 0 fully saturated rings. The normalized spacial score (nSPS) is 11.7. The molecule has 0 aromatic carbocycles. The van der Waals surface area contributed by atoms with E-state index in [0.29, 0.717) is 0 Å². The van der Waals surface area contributed by atoms with Gasteiger partial charge < -0.3 is 14.7 Å². The summed E-state index contributed by atoms with van der Waals surface area (Å²) in [6.45, 7) is 0. The van der Waals surface area contributed by atoms with Crippen LogP contribution in [0.5, 0.6) is 0 Å². The molecule has 0 spiro atoms. The summed E-state index contributed by atoms with van der Waals surface area (Å²) >= 11 is 0. The van der Waals surface area contributed by atoms with Crippen LogP contribution >= 0.6 is 29.2 Å². The van der Waals surface area contributed by atoms with Crippen molar-refractivity contribution < 1.29 is 27.7 Å². The third-order valence-corrected chi connectivity index (χ3v) is 0. The van der Waals surface area contributed by atoms with E-state index in [2.05, 4.69) is 21.4 Å². The molecule has 0 heterocycles. The van der Waals surface area contributed by atoms with Crippen molar-refractivity contribution in [1.82, 2.24) is 0 Å². The Balaban J connectivity index is 0. The maximum absolute atomic E-state index is 9.16. The average Bonchev–Trinajstić information content (AvgIpc) is 1.12. The average molecular weight is 233 g/mol. The second kappa shape index (κ2) is 4.50. The maximum atomic E-state index is 9.16. The Hall–Kier alpha value is 0.640. The number of halogens is 2. The molecule has 0 atom stereocenters. The quantitative estimate of drug-likeness (QED) is 0.393. The Labute approximate surface area is 65.6 Å². The second-order valence-electron chi connectivity index (χ2n) is 0.892. The molecule has 3 N–H and O–H groups in total. The van der Waals surface area contributed by atoms with Gasteiger partial charge in [0, 0.05) is 21.4 Å². The van der Waals surface area contributed by atoms with Crippen LogP contribution in [0.2, 0.25) is 0 Å². The monoisotopic (exact) mass is 232 g/mol. The van der Waals surface area contributed by atoms with E-state index in [-0.39, 0.29) is 0 Å². The number of phosphoric acid groups is 1. The molecule has 10 heteroatoms. The molecule has 0 aliphatic rings. The van der Waals surface area contributed by atoms with Gasteiger partial charge in [0.2, 0.25) is 0 Å². The maximum Gasteiger partial charge on any atom is 0.466 e. The summed E-state index contributed by atoms with van der Waals surface area (Å²) in [5.41, 5.74) is 0. The van der Waals surface area contributed by atoms with Crippen molar-refractivity contribution >= 4 is 37.5 Å². The third-order valence-electron chi connectivity index (χ3n) is 0. The van der Waals surface area contributed by atoms with Gasteiger partial charge in [0.15, 0.2) is 0 Å². The van der Waals surface area contributed by atoms with Crippen LogP contribution in [0.4, 0.5) is 0 Å². The van der Waals surface area contributed by atoms with Crippen molar-refractivity contribution in [2.75, 3.05) is 0 Å². The van der Waals surface area contributed by atoms with Gasteiger partial charge in [-0.1, -0.05) is 0 Å². The molecule has 6 nitrogen and oxygen atoms in total. The Morgan fingerprint density at radius 2 is 1.10 bits per heavy atom. The van der Waals surface area contributed by atoms with Crippen LogP contribution in [0, 0.1) is 0 Å². The minimum absolute atomic E-state index is 3.72. The number of hydrogen-bond donors (Lipinski definition) is 3. The van der Waals surface area contributed by atoms with E-state index in [1.54, 1.807) is 0 Å². The highest BCUT2D eigenvalue weighted by molar-refractivity contribution is 8.31. The van der Waals surface area contributed by atoms with E-state index in [4.69, 9.17) is 27.7 Å². The first-order valence-corrected chi connectivity index (χ1v) is 6.13. The summed E-state index contributed by atoms with van der Waals surface area (Å²) in [5, 5.41) is 0. The fraction of sp³-hybridized carbons (Fsp3) is 0. The topological polar surface area (TPSA) is 112 Å². The van der Waals surface area contributed by atoms with Gasteiger partial charge in [0.25, 0.3) is 0 Å². The van der Waals surface area contributed by atoms with Gasteiger partial charge in [-0.15, -0.1) is 0 Å². The summed E-state index contributed by atoms with van der Waals surface area (Å²) in [6, 6.07) is 0. The van der Waals surface area contributed by atoms with Gasteiger partial charge in [-0.05, 0) is 0 Å². The molecule has 0 aromatic rings. The molecule has 0 radical (unpaired) electrons. The first-order chi connectivity index (χ1) is 4.00. The van der Waals surface area contributed by atoms with Gasteiger partial charge in [0.1, 0.15) is 0 Å². The summed E-state index contributed by atoms with van der Waals surface area (Å²) in [5.74, 6) is 0. The first-order valence-electron chi connectivity index (χ1n) is 1.42. The highest BCUT2D eigenvalue weighted by Gasteiger charge is 2.00. The number of rotatable bonds is 0. The standard InChI is InChI=1S/Cl2O2S.H3O4P/c2*1-5(2,3)4/h;(H3,1,2,3,4). The third kappa shape index (κ3) is 1230. The van der Waals surface area contributed by atoms with Gasteiger partial charge in [0.05, 0.1) is 0 Å². The highest BCUT2D eigenvalue weighted by Crippen LogP contribution is 2.25. The Bertz CT molecular complexity index is 194. The van der Waals surface area contributed by atoms with Gasteiger partial charge >= 0.3 is 16.1 Å². The zero-order valence-electron chi connectivity index (χ0n) is 4.18. The molecule has 0 amide bonds. The fourth-order valence-corrected chi connectivity index (χ4v) is 0. The van der Waals surface area contributed by atoms with Crippen molar-refractivity contribution in [2.45, 2.75) is 0 Å². The van der Waals surface area contributed by atoms with E-state index in [1.165, 1.54) is 0 Å². The Morgan fingerprint density at radius 3 is 1.10 bits per heavy atom. The zero-order chi connectivity index (χ0) is 9.00. The van der Waals surface area contributed by atoms with Crippen LogP contribution in [-0.4, -0.2) is 23.1 Å². The largest absolute Gasteiger partial charge is 0.466 e. The smallest absolute Gasteiger partial charge is 0.303 e. The highest BCUT2D eigenvalue weighted by atomic mass is 36.0. The van der Waals surface area contributed by atoms with E-state index < -0.39 is 16.1 Å². The summed E-state index contributed by atoms with van der Waals surface area (Å²) < 4.78 is 27.2. The zero-order valence-corrected chi connectivity index (χ0v) is 7.40. The van der Waals surface area contributed by atoms with Crippen LogP contribution in [-0.2, 0) is 12.8 Å². The van der Waals surface area contributed by atoms with Crippen molar-refractivity contribution in [1.29, 1.82) is 0 Å².